The molecule has 1 aliphatic rings. The van der Waals surface area contributed by atoms with Gasteiger partial charge in [0.25, 0.3) is 5.89 Å². The molecule has 7 nitrogen and oxygen atoms in total. The zero-order valence-electron chi connectivity index (χ0n) is 16.6. The molecule has 3 aromatic rings. The summed E-state index contributed by atoms with van der Waals surface area (Å²) < 4.78 is 28.9. The van der Waals surface area contributed by atoms with Crippen LogP contribution in [0.2, 0.25) is 0 Å². The Labute approximate surface area is 173 Å². The van der Waals surface area contributed by atoms with Crippen LogP contribution in [0, 0.1) is 5.82 Å². The lowest BCUT2D eigenvalue weighted by molar-refractivity contribution is -0.129. The summed E-state index contributed by atoms with van der Waals surface area (Å²) in [6.07, 6.45) is 1.11. The monoisotopic (exact) mass is 411 g/mol. The summed E-state index contributed by atoms with van der Waals surface area (Å²) in [6.45, 7) is 1.31. The predicted molar refractivity (Wildman–Crippen MR) is 106 cm³/mol. The average molecular weight is 411 g/mol. The topological polar surface area (TPSA) is 77.7 Å². The smallest absolute Gasteiger partial charge is 0.264 e. The number of hydrogen-bond donors (Lipinski definition) is 0. The Bertz CT molecular complexity index is 1010. The minimum absolute atomic E-state index is 0.0302. The number of methoxy groups -OCH3 is 1. The van der Waals surface area contributed by atoms with Crippen molar-refractivity contribution in [2.75, 3.05) is 20.2 Å². The number of benzene rings is 2. The van der Waals surface area contributed by atoms with Crippen molar-refractivity contribution < 1.29 is 23.2 Å². The van der Waals surface area contributed by atoms with Gasteiger partial charge < -0.3 is 18.9 Å². The second-order valence-electron chi connectivity index (χ2n) is 7.14. The molecule has 1 saturated heterocycles. The van der Waals surface area contributed by atoms with Crippen LogP contribution in [-0.4, -0.2) is 41.1 Å². The number of amides is 1. The molecule has 2 aromatic carbocycles. The van der Waals surface area contributed by atoms with Crippen molar-refractivity contribution >= 4 is 5.91 Å². The van der Waals surface area contributed by atoms with Gasteiger partial charge in [0.2, 0.25) is 5.91 Å². The van der Waals surface area contributed by atoms with E-state index in [9.17, 15) is 9.18 Å². The molecule has 1 aliphatic heterocycles. The van der Waals surface area contributed by atoms with Crippen LogP contribution in [0.5, 0.6) is 11.5 Å². The van der Waals surface area contributed by atoms with Crippen molar-refractivity contribution in [1.82, 2.24) is 15.0 Å². The van der Waals surface area contributed by atoms with Crippen LogP contribution < -0.4 is 9.47 Å². The largest absolute Gasteiger partial charge is 0.497 e. The average Bonchev–Trinajstić information content (AvgIpc) is 3.43. The van der Waals surface area contributed by atoms with Gasteiger partial charge >= 0.3 is 0 Å². The van der Waals surface area contributed by atoms with Gasteiger partial charge in [-0.2, -0.15) is 4.98 Å². The third kappa shape index (κ3) is 4.76. The van der Waals surface area contributed by atoms with E-state index in [0.29, 0.717) is 37.0 Å². The first-order valence-corrected chi connectivity index (χ1v) is 9.72. The summed E-state index contributed by atoms with van der Waals surface area (Å²) in [6, 6.07) is 13.2. The third-order valence-corrected chi connectivity index (χ3v) is 5.06. The van der Waals surface area contributed by atoms with E-state index in [1.165, 1.54) is 24.3 Å². The Balaban J connectivity index is 1.30. The minimum Gasteiger partial charge on any atom is -0.497 e. The second kappa shape index (κ2) is 8.94. The Morgan fingerprint density at radius 1 is 1.23 bits per heavy atom. The maximum Gasteiger partial charge on any atom is 0.264 e. The molecule has 1 fully saturated rings. The molecular formula is C22H22FN3O4. The first-order chi connectivity index (χ1) is 14.6. The van der Waals surface area contributed by atoms with Gasteiger partial charge in [-0.15, -0.1) is 0 Å². The summed E-state index contributed by atoms with van der Waals surface area (Å²) in [5.74, 6) is 1.94. The number of carbonyl (C=O) groups excluding carboxylic acids is 1. The number of likely N-dealkylation sites (tertiary alicyclic amines) is 1. The fourth-order valence-electron chi connectivity index (χ4n) is 3.43. The highest BCUT2D eigenvalue weighted by Gasteiger charge is 2.30. The molecule has 1 aromatic heterocycles. The van der Waals surface area contributed by atoms with E-state index < -0.39 is 0 Å². The fourth-order valence-corrected chi connectivity index (χ4v) is 3.43. The highest BCUT2D eigenvalue weighted by Crippen LogP contribution is 2.26. The van der Waals surface area contributed by atoms with E-state index in [4.69, 9.17) is 14.0 Å². The fraction of sp³-hybridized carbons (Fsp3) is 0.318. The summed E-state index contributed by atoms with van der Waals surface area (Å²) in [5.41, 5.74) is 0.919. The molecule has 8 heteroatoms. The van der Waals surface area contributed by atoms with Gasteiger partial charge in [-0.25, -0.2) is 4.39 Å². The number of carbonyl (C=O) groups is 1. The maximum atomic E-state index is 12.9. The Morgan fingerprint density at radius 3 is 2.87 bits per heavy atom. The van der Waals surface area contributed by atoms with E-state index in [1.807, 2.05) is 29.2 Å². The van der Waals surface area contributed by atoms with Crippen molar-refractivity contribution in [1.29, 1.82) is 0 Å². The second-order valence-corrected chi connectivity index (χ2v) is 7.14. The normalized spacial score (nSPS) is 15.9. The molecular weight excluding hydrogens is 389 g/mol. The highest BCUT2D eigenvalue weighted by atomic mass is 19.1. The van der Waals surface area contributed by atoms with E-state index in [2.05, 4.69) is 10.1 Å². The molecule has 4 rings (SSSR count). The molecule has 1 unspecified atom stereocenters. The quantitative estimate of drug-likeness (QED) is 0.593. The van der Waals surface area contributed by atoms with E-state index in [0.717, 1.165) is 17.7 Å². The van der Waals surface area contributed by atoms with Gasteiger partial charge in [-0.1, -0.05) is 17.3 Å². The summed E-state index contributed by atoms with van der Waals surface area (Å²) in [4.78, 5) is 18.9. The summed E-state index contributed by atoms with van der Waals surface area (Å²) in [7, 11) is 1.61. The maximum absolute atomic E-state index is 12.9. The van der Waals surface area contributed by atoms with Crippen molar-refractivity contribution in [2.45, 2.75) is 25.4 Å². The number of rotatable bonds is 7. The third-order valence-electron chi connectivity index (χ3n) is 5.06. The Hall–Kier alpha value is -3.42. The molecule has 30 heavy (non-hydrogen) atoms. The number of nitrogens with zero attached hydrogens (tertiary/aromatic N) is 3. The van der Waals surface area contributed by atoms with Gasteiger partial charge in [0.05, 0.1) is 13.5 Å². The zero-order valence-corrected chi connectivity index (χ0v) is 16.6. The van der Waals surface area contributed by atoms with Crippen LogP contribution in [0.4, 0.5) is 4.39 Å². The molecule has 0 spiro atoms. The van der Waals surface area contributed by atoms with E-state index >= 15 is 0 Å². The van der Waals surface area contributed by atoms with Crippen LogP contribution in [0.1, 0.15) is 29.6 Å². The highest BCUT2D eigenvalue weighted by molar-refractivity contribution is 5.79. The molecule has 0 bridgehead atoms. The lowest BCUT2D eigenvalue weighted by Crippen LogP contribution is -2.30. The van der Waals surface area contributed by atoms with Gasteiger partial charge in [0.1, 0.15) is 17.3 Å². The first-order valence-electron chi connectivity index (χ1n) is 9.72. The number of ether oxygens (including phenoxy) is 2. The standard InChI is InChI=1S/C22H22FN3O4/c1-28-19-4-2-3-15(11-19)12-21(27)26-10-9-16(13-26)22-24-20(30-25-22)14-29-18-7-5-17(23)6-8-18/h2-8,11,16H,9-10,12-14H2,1H3. The lowest BCUT2D eigenvalue weighted by atomic mass is 10.1. The van der Waals surface area contributed by atoms with Gasteiger partial charge in [-0.05, 0) is 48.4 Å². The molecule has 0 aliphatic carbocycles. The summed E-state index contributed by atoms with van der Waals surface area (Å²) >= 11 is 0. The SMILES string of the molecule is COc1cccc(CC(=O)N2CCC(c3noc(COc4ccc(F)cc4)n3)C2)c1. The summed E-state index contributed by atoms with van der Waals surface area (Å²) in [5, 5.41) is 4.04. The molecule has 0 radical (unpaired) electrons. The molecule has 156 valence electrons. The van der Waals surface area contributed by atoms with Gasteiger partial charge in [0.15, 0.2) is 12.4 Å². The Kier molecular flexibility index (Phi) is 5.92. The Morgan fingerprint density at radius 2 is 2.07 bits per heavy atom. The van der Waals surface area contributed by atoms with Crippen molar-refractivity contribution in [3.8, 4) is 11.5 Å². The number of aromatic nitrogens is 2. The molecule has 1 amide bonds. The number of halogens is 1. The van der Waals surface area contributed by atoms with Crippen LogP contribution in [0.25, 0.3) is 0 Å². The van der Waals surface area contributed by atoms with Crippen LogP contribution in [0.3, 0.4) is 0 Å². The first kappa shape index (κ1) is 19.9. The van der Waals surface area contributed by atoms with Crippen LogP contribution in [0.15, 0.2) is 53.1 Å². The molecule has 0 saturated carbocycles. The van der Waals surface area contributed by atoms with E-state index in [1.54, 1.807) is 7.11 Å². The lowest BCUT2D eigenvalue weighted by Gasteiger charge is -2.16. The number of hydrogen-bond acceptors (Lipinski definition) is 6. The van der Waals surface area contributed by atoms with Gasteiger partial charge in [-0.3, -0.25) is 4.79 Å². The van der Waals surface area contributed by atoms with Crippen molar-refractivity contribution in [3.05, 3.63) is 71.6 Å². The van der Waals surface area contributed by atoms with Crippen molar-refractivity contribution in [3.63, 3.8) is 0 Å². The van der Waals surface area contributed by atoms with Crippen LogP contribution >= 0.6 is 0 Å². The minimum atomic E-state index is -0.325. The van der Waals surface area contributed by atoms with Gasteiger partial charge in [0, 0.05) is 19.0 Å². The predicted octanol–water partition coefficient (Wildman–Crippen LogP) is 3.35. The molecule has 0 N–H and O–H groups in total. The zero-order chi connectivity index (χ0) is 20.9. The molecule has 2 heterocycles. The molecule has 1 atom stereocenters. The van der Waals surface area contributed by atoms with Crippen molar-refractivity contribution in [2.24, 2.45) is 0 Å². The van der Waals surface area contributed by atoms with E-state index in [-0.39, 0.29) is 24.2 Å². The van der Waals surface area contributed by atoms with Crippen LogP contribution in [-0.2, 0) is 17.8 Å².